The maximum Gasteiger partial charge on any atom is 0.227 e. The van der Waals surface area contributed by atoms with Crippen LogP contribution in [0.2, 0.25) is 0 Å². The molecule has 4 aromatic rings. The van der Waals surface area contributed by atoms with Gasteiger partial charge in [-0.05, 0) is 57.5 Å². The molecule has 5 rings (SSSR count). The molecule has 0 fully saturated rings. The van der Waals surface area contributed by atoms with Crippen LogP contribution in [0, 0.1) is 6.92 Å². The molecule has 28 heavy (non-hydrogen) atoms. The van der Waals surface area contributed by atoms with Gasteiger partial charge < -0.3 is 14.2 Å². The van der Waals surface area contributed by atoms with E-state index in [1.807, 2.05) is 18.3 Å². The number of fused-ring (bicyclic) bond motifs is 4. The van der Waals surface area contributed by atoms with E-state index in [4.69, 9.17) is 9.40 Å². The third kappa shape index (κ3) is 2.39. The molecule has 0 unspecified atom stereocenters. The standard InChI is InChI=1S/C23H24N4O/c1-14(2)27-16(4)13-26(19-8-6-11-24-22(19)27)20-15(3)9-10-17-18-7-5-12-25-23(18)28-21(17)20/h5-12,14,16H,13H2,1-4H3/t16-/m0/s1. The van der Waals surface area contributed by atoms with Crippen LogP contribution >= 0.6 is 0 Å². The molecular formula is C23H24N4O. The highest BCUT2D eigenvalue weighted by Gasteiger charge is 2.33. The van der Waals surface area contributed by atoms with E-state index in [1.54, 1.807) is 6.20 Å². The lowest BCUT2D eigenvalue weighted by atomic mass is 10.0. The molecule has 1 aliphatic heterocycles. The largest absolute Gasteiger partial charge is 0.435 e. The number of aryl methyl sites for hydroxylation is 1. The first-order valence-corrected chi connectivity index (χ1v) is 9.84. The molecule has 0 saturated carbocycles. The maximum atomic E-state index is 6.26. The molecule has 5 nitrogen and oxygen atoms in total. The summed E-state index contributed by atoms with van der Waals surface area (Å²) in [5.41, 5.74) is 5.00. The summed E-state index contributed by atoms with van der Waals surface area (Å²) in [6, 6.07) is 13.2. The van der Waals surface area contributed by atoms with E-state index < -0.39 is 0 Å². The van der Waals surface area contributed by atoms with Crippen molar-refractivity contribution in [2.75, 3.05) is 16.3 Å². The lowest BCUT2D eigenvalue weighted by Gasteiger charge is -2.44. The summed E-state index contributed by atoms with van der Waals surface area (Å²) in [5.74, 6) is 1.03. The van der Waals surface area contributed by atoms with Gasteiger partial charge in [-0.15, -0.1) is 0 Å². The van der Waals surface area contributed by atoms with Crippen molar-refractivity contribution in [2.45, 2.75) is 39.8 Å². The van der Waals surface area contributed by atoms with E-state index in [-0.39, 0.29) is 0 Å². The smallest absolute Gasteiger partial charge is 0.227 e. The Labute approximate surface area is 164 Å². The van der Waals surface area contributed by atoms with Gasteiger partial charge in [0.15, 0.2) is 11.4 Å². The molecule has 4 heterocycles. The first-order valence-electron chi connectivity index (χ1n) is 9.84. The Kier molecular flexibility index (Phi) is 3.79. The fraction of sp³-hybridized carbons (Fsp3) is 0.304. The van der Waals surface area contributed by atoms with Crippen molar-refractivity contribution in [3.63, 3.8) is 0 Å². The Morgan fingerprint density at radius 1 is 1.04 bits per heavy atom. The van der Waals surface area contributed by atoms with Crippen LogP contribution in [-0.2, 0) is 0 Å². The lowest BCUT2D eigenvalue weighted by Crippen LogP contribution is -2.49. The van der Waals surface area contributed by atoms with Gasteiger partial charge in [-0.1, -0.05) is 12.1 Å². The molecule has 0 N–H and O–H groups in total. The Balaban J connectivity index is 1.78. The SMILES string of the molecule is Cc1ccc2c(oc3ncccc32)c1N1C[C@H](C)N(C(C)C)c2ncccc21. The Bertz CT molecular complexity index is 1180. The molecule has 5 heteroatoms. The van der Waals surface area contributed by atoms with E-state index >= 15 is 0 Å². The second kappa shape index (κ2) is 6.23. The molecule has 0 aliphatic carbocycles. The molecule has 142 valence electrons. The highest BCUT2D eigenvalue weighted by molar-refractivity contribution is 6.09. The molecule has 0 bridgehead atoms. The zero-order valence-electron chi connectivity index (χ0n) is 16.7. The van der Waals surface area contributed by atoms with Crippen molar-refractivity contribution in [3.05, 3.63) is 54.4 Å². The van der Waals surface area contributed by atoms with E-state index in [0.29, 0.717) is 17.8 Å². The predicted molar refractivity (Wildman–Crippen MR) is 115 cm³/mol. The molecule has 0 amide bonds. The van der Waals surface area contributed by atoms with Crippen LogP contribution in [0.3, 0.4) is 0 Å². The Hall–Kier alpha value is -3.08. The average molecular weight is 372 g/mol. The third-order valence-corrected chi connectivity index (χ3v) is 5.64. The minimum Gasteiger partial charge on any atom is -0.435 e. The normalized spacial score (nSPS) is 17.0. The van der Waals surface area contributed by atoms with Crippen molar-refractivity contribution < 1.29 is 4.42 Å². The third-order valence-electron chi connectivity index (χ3n) is 5.64. The highest BCUT2D eigenvalue weighted by Crippen LogP contribution is 2.44. The van der Waals surface area contributed by atoms with E-state index in [9.17, 15) is 0 Å². The molecule has 1 aliphatic rings. The van der Waals surface area contributed by atoms with Crippen LogP contribution in [0.1, 0.15) is 26.3 Å². The summed E-state index contributed by atoms with van der Waals surface area (Å²) in [7, 11) is 0. The zero-order chi connectivity index (χ0) is 19.4. The topological polar surface area (TPSA) is 45.4 Å². The second-order valence-corrected chi connectivity index (χ2v) is 7.87. The Morgan fingerprint density at radius 3 is 2.64 bits per heavy atom. The minimum absolute atomic E-state index is 0.333. The number of aromatic nitrogens is 2. The number of nitrogens with zero attached hydrogens (tertiary/aromatic N) is 4. The molecule has 3 aromatic heterocycles. The monoisotopic (exact) mass is 372 g/mol. The van der Waals surface area contributed by atoms with Crippen LogP contribution in [0.4, 0.5) is 17.2 Å². The van der Waals surface area contributed by atoms with Gasteiger partial charge in [0.2, 0.25) is 5.71 Å². The van der Waals surface area contributed by atoms with Crippen molar-refractivity contribution in [3.8, 4) is 0 Å². The quantitative estimate of drug-likeness (QED) is 0.469. The highest BCUT2D eigenvalue weighted by atomic mass is 16.3. The molecule has 0 radical (unpaired) electrons. The van der Waals surface area contributed by atoms with Crippen LogP contribution in [0.5, 0.6) is 0 Å². The number of hydrogen-bond acceptors (Lipinski definition) is 5. The van der Waals surface area contributed by atoms with Crippen LogP contribution in [0.25, 0.3) is 22.1 Å². The van der Waals surface area contributed by atoms with E-state index in [0.717, 1.165) is 40.1 Å². The fourth-order valence-corrected chi connectivity index (χ4v) is 4.52. The van der Waals surface area contributed by atoms with E-state index in [1.165, 1.54) is 5.56 Å². The van der Waals surface area contributed by atoms with Crippen molar-refractivity contribution in [1.29, 1.82) is 0 Å². The molecule has 0 spiro atoms. The fourth-order valence-electron chi connectivity index (χ4n) is 4.52. The van der Waals surface area contributed by atoms with Gasteiger partial charge in [-0.2, -0.15) is 0 Å². The van der Waals surface area contributed by atoms with Gasteiger partial charge in [0.05, 0.1) is 11.4 Å². The van der Waals surface area contributed by atoms with Gasteiger partial charge >= 0.3 is 0 Å². The van der Waals surface area contributed by atoms with Gasteiger partial charge in [0.1, 0.15) is 0 Å². The summed E-state index contributed by atoms with van der Waals surface area (Å²) in [5, 5.41) is 2.16. The van der Waals surface area contributed by atoms with Crippen LogP contribution < -0.4 is 9.80 Å². The van der Waals surface area contributed by atoms with E-state index in [2.05, 4.69) is 66.7 Å². The van der Waals surface area contributed by atoms with Crippen LogP contribution in [-0.4, -0.2) is 28.6 Å². The average Bonchev–Trinajstić information content (AvgIpc) is 3.05. The van der Waals surface area contributed by atoms with Crippen molar-refractivity contribution in [1.82, 2.24) is 9.97 Å². The molecular weight excluding hydrogens is 348 g/mol. The second-order valence-electron chi connectivity index (χ2n) is 7.87. The van der Waals surface area contributed by atoms with Crippen LogP contribution in [0.15, 0.2) is 53.2 Å². The van der Waals surface area contributed by atoms with Gasteiger partial charge in [-0.25, -0.2) is 9.97 Å². The lowest BCUT2D eigenvalue weighted by molar-refractivity contribution is 0.552. The van der Waals surface area contributed by atoms with Crippen molar-refractivity contribution in [2.24, 2.45) is 0 Å². The number of furan rings is 1. The zero-order valence-corrected chi connectivity index (χ0v) is 16.7. The number of rotatable bonds is 2. The van der Waals surface area contributed by atoms with Gasteiger partial charge in [-0.3, -0.25) is 0 Å². The predicted octanol–water partition coefficient (Wildman–Crippen LogP) is 5.44. The first kappa shape index (κ1) is 17.0. The number of benzene rings is 1. The summed E-state index contributed by atoms with van der Waals surface area (Å²) < 4.78 is 6.26. The molecule has 1 aromatic carbocycles. The molecule has 1 atom stereocenters. The summed E-state index contributed by atoms with van der Waals surface area (Å²) in [4.78, 5) is 13.9. The minimum atomic E-state index is 0.333. The number of anilines is 3. The maximum absolute atomic E-state index is 6.26. The number of pyridine rings is 2. The van der Waals surface area contributed by atoms with Crippen molar-refractivity contribution >= 4 is 39.3 Å². The molecule has 0 saturated heterocycles. The first-order chi connectivity index (χ1) is 13.6. The van der Waals surface area contributed by atoms with Gasteiger partial charge in [0.25, 0.3) is 0 Å². The number of hydrogen-bond donors (Lipinski definition) is 0. The summed E-state index contributed by atoms with van der Waals surface area (Å²) in [6.07, 6.45) is 3.66. The van der Waals surface area contributed by atoms with Gasteiger partial charge in [0, 0.05) is 41.8 Å². The summed E-state index contributed by atoms with van der Waals surface area (Å²) >= 11 is 0. The summed E-state index contributed by atoms with van der Waals surface area (Å²) in [6.45, 7) is 9.73. The Morgan fingerprint density at radius 2 is 1.82 bits per heavy atom.